The lowest BCUT2D eigenvalue weighted by atomic mass is 9.96. The van der Waals surface area contributed by atoms with Gasteiger partial charge in [-0.3, -0.25) is 9.69 Å². The number of hydrogen-bond donors (Lipinski definition) is 1. The van der Waals surface area contributed by atoms with Crippen LogP contribution in [-0.4, -0.2) is 42.2 Å². The number of rotatable bonds is 5. The molecular weight excluding hydrogens is 266 g/mol. The Balaban J connectivity index is 1.55. The number of likely N-dealkylation sites (tertiary alicyclic amines) is 1. The lowest BCUT2D eigenvalue weighted by Gasteiger charge is -2.21. The fourth-order valence-corrected chi connectivity index (χ4v) is 3.95. The van der Waals surface area contributed by atoms with Crippen LogP contribution >= 0.6 is 0 Å². The molecule has 112 valence electrons. The van der Waals surface area contributed by atoms with E-state index in [1.165, 1.54) is 24.0 Å². The SMILES string of the molecule is O=C(O)CN1C[C@H]2c3ccccc3C(OCC3CC3)[C@@H]2C1. The van der Waals surface area contributed by atoms with E-state index in [-0.39, 0.29) is 12.6 Å². The van der Waals surface area contributed by atoms with Crippen molar-refractivity contribution in [3.05, 3.63) is 35.4 Å². The predicted molar refractivity (Wildman–Crippen MR) is 78.2 cm³/mol. The Morgan fingerprint density at radius 3 is 2.71 bits per heavy atom. The van der Waals surface area contributed by atoms with Gasteiger partial charge in [-0.15, -0.1) is 0 Å². The quantitative estimate of drug-likeness (QED) is 0.902. The van der Waals surface area contributed by atoms with Crippen LogP contribution in [0.15, 0.2) is 24.3 Å². The Morgan fingerprint density at radius 1 is 1.24 bits per heavy atom. The van der Waals surface area contributed by atoms with Crippen LogP contribution in [-0.2, 0) is 9.53 Å². The first kappa shape index (κ1) is 13.3. The van der Waals surface area contributed by atoms with Crippen molar-refractivity contribution in [3.8, 4) is 0 Å². The summed E-state index contributed by atoms with van der Waals surface area (Å²) in [6.45, 7) is 2.68. The average Bonchev–Trinajstić information content (AvgIpc) is 3.12. The third-order valence-electron chi connectivity index (χ3n) is 5.10. The van der Waals surface area contributed by atoms with Crippen LogP contribution in [0.25, 0.3) is 0 Å². The van der Waals surface area contributed by atoms with Crippen molar-refractivity contribution in [1.29, 1.82) is 0 Å². The van der Waals surface area contributed by atoms with Gasteiger partial charge in [-0.25, -0.2) is 0 Å². The van der Waals surface area contributed by atoms with Crippen molar-refractivity contribution in [2.75, 3.05) is 26.2 Å². The van der Waals surface area contributed by atoms with Gasteiger partial charge in [0.05, 0.1) is 19.3 Å². The number of hydrogen-bond acceptors (Lipinski definition) is 3. The van der Waals surface area contributed by atoms with Gasteiger partial charge >= 0.3 is 5.97 Å². The van der Waals surface area contributed by atoms with Crippen LogP contribution in [0.5, 0.6) is 0 Å². The van der Waals surface area contributed by atoms with Gasteiger partial charge < -0.3 is 9.84 Å². The maximum atomic E-state index is 11.0. The van der Waals surface area contributed by atoms with Crippen LogP contribution in [0.1, 0.15) is 36.0 Å². The minimum atomic E-state index is -0.737. The first-order valence-electron chi connectivity index (χ1n) is 7.87. The van der Waals surface area contributed by atoms with Gasteiger partial charge in [0, 0.05) is 24.9 Å². The molecule has 2 fully saturated rings. The van der Waals surface area contributed by atoms with Crippen LogP contribution in [0, 0.1) is 11.8 Å². The maximum absolute atomic E-state index is 11.0. The molecule has 0 bridgehead atoms. The van der Waals surface area contributed by atoms with Crippen molar-refractivity contribution >= 4 is 5.97 Å². The van der Waals surface area contributed by atoms with E-state index in [9.17, 15) is 4.79 Å². The van der Waals surface area contributed by atoms with E-state index in [1.54, 1.807) is 0 Å². The van der Waals surface area contributed by atoms with Crippen LogP contribution < -0.4 is 0 Å². The largest absolute Gasteiger partial charge is 0.480 e. The fourth-order valence-electron chi connectivity index (χ4n) is 3.95. The fraction of sp³-hybridized carbons (Fsp3) is 0.588. The topological polar surface area (TPSA) is 49.8 Å². The molecule has 1 saturated carbocycles. The minimum Gasteiger partial charge on any atom is -0.480 e. The monoisotopic (exact) mass is 287 g/mol. The molecule has 1 saturated heterocycles. The van der Waals surface area contributed by atoms with E-state index in [0.29, 0.717) is 11.8 Å². The molecule has 1 aromatic rings. The van der Waals surface area contributed by atoms with E-state index < -0.39 is 5.97 Å². The smallest absolute Gasteiger partial charge is 0.317 e. The van der Waals surface area contributed by atoms with Crippen LogP contribution in [0.3, 0.4) is 0 Å². The summed E-state index contributed by atoms with van der Waals surface area (Å²) >= 11 is 0. The first-order chi connectivity index (χ1) is 10.2. The van der Waals surface area contributed by atoms with Crippen LogP contribution in [0.4, 0.5) is 0 Å². The van der Waals surface area contributed by atoms with Gasteiger partial charge in [0.1, 0.15) is 0 Å². The molecule has 21 heavy (non-hydrogen) atoms. The van der Waals surface area contributed by atoms with E-state index in [0.717, 1.165) is 25.6 Å². The molecular formula is C17H21NO3. The molecule has 1 aliphatic heterocycles. The highest BCUT2D eigenvalue weighted by Gasteiger charge is 2.47. The molecule has 1 aromatic carbocycles. The number of nitrogens with zero attached hydrogens (tertiary/aromatic N) is 1. The Bertz CT molecular complexity index is 555. The summed E-state index contributed by atoms with van der Waals surface area (Å²) in [6.07, 6.45) is 2.76. The molecule has 0 amide bonds. The second kappa shape index (κ2) is 5.11. The number of benzene rings is 1. The molecule has 4 rings (SSSR count). The Labute approximate surface area is 124 Å². The third-order valence-corrected chi connectivity index (χ3v) is 5.10. The van der Waals surface area contributed by atoms with Gasteiger partial charge in [0.15, 0.2) is 0 Å². The zero-order chi connectivity index (χ0) is 14.4. The highest BCUT2D eigenvalue weighted by molar-refractivity contribution is 5.69. The summed E-state index contributed by atoms with van der Waals surface area (Å²) in [5, 5.41) is 9.01. The summed E-state index contributed by atoms with van der Waals surface area (Å²) < 4.78 is 6.25. The molecule has 3 atom stereocenters. The molecule has 3 aliphatic rings. The highest BCUT2D eigenvalue weighted by atomic mass is 16.5. The summed E-state index contributed by atoms with van der Waals surface area (Å²) in [4.78, 5) is 13.0. The Hall–Kier alpha value is -1.39. The Kier molecular flexibility index (Phi) is 3.23. The summed E-state index contributed by atoms with van der Waals surface area (Å²) in [5.41, 5.74) is 2.71. The number of carboxylic acids is 1. The molecule has 1 N–H and O–H groups in total. The van der Waals surface area contributed by atoms with E-state index >= 15 is 0 Å². The van der Waals surface area contributed by atoms with Crippen molar-refractivity contribution in [2.45, 2.75) is 24.9 Å². The summed E-state index contributed by atoms with van der Waals surface area (Å²) in [5.74, 6) is 0.872. The number of carboxylic acid groups (broad SMARTS) is 1. The van der Waals surface area contributed by atoms with Crippen molar-refractivity contribution in [2.24, 2.45) is 11.8 Å². The number of aliphatic carboxylic acids is 1. The molecule has 4 heteroatoms. The van der Waals surface area contributed by atoms with Gasteiger partial charge in [-0.2, -0.15) is 0 Å². The van der Waals surface area contributed by atoms with E-state index in [1.807, 2.05) is 0 Å². The van der Waals surface area contributed by atoms with Gasteiger partial charge in [0.25, 0.3) is 0 Å². The van der Waals surface area contributed by atoms with Crippen LogP contribution in [0.2, 0.25) is 0 Å². The van der Waals surface area contributed by atoms with Crippen molar-refractivity contribution in [1.82, 2.24) is 4.90 Å². The minimum absolute atomic E-state index is 0.143. The molecule has 1 heterocycles. The second-order valence-electron chi connectivity index (χ2n) is 6.68. The van der Waals surface area contributed by atoms with E-state index in [2.05, 4.69) is 29.2 Å². The van der Waals surface area contributed by atoms with E-state index in [4.69, 9.17) is 9.84 Å². The predicted octanol–water partition coefficient (Wildman–Crippen LogP) is 2.27. The zero-order valence-electron chi connectivity index (χ0n) is 12.1. The number of carbonyl (C=O) groups is 1. The molecule has 0 spiro atoms. The zero-order valence-corrected chi connectivity index (χ0v) is 12.1. The average molecular weight is 287 g/mol. The van der Waals surface area contributed by atoms with Gasteiger partial charge in [0.2, 0.25) is 0 Å². The molecule has 0 aromatic heterocycles. The third kappa shape index (κ3) is 2.47. The van der Waals surface area contributed by atoms with Gasteiger partial charge in [-0.05, 0) is 29.9 Å². The van der Waals surface area contributed by atoms with Crippen molar-refractivity contribution in [3.63, 3.8) is 0 Å². The molecule has 0 radical (unpaired) electrons. The lowest BCUT2D eigenvalue weighted by molar-refractivity contribution is -0.138. The van der Waals surface area contributed by atoms with Gasteiger partial charge in [-0.1, -0.05) is 24.3 Å². The molecule has 2 aliphatic carbocycles. The second-order valence-corrected chi connectivity index (χ2v) is 6.68. The highest BCUT2D eigenvalue weighted by Crippen LogP contribution is 2.51. The maximum Gasteiger partial charge on any atom is 0.317 e. The van der Waals surface area contributed by atoms with Crippen molar-refractivity contribution < 1.29 is 14.6 Å². The number of fused-ring (bicyclic) bond motifs is 3. The normalized spacial score (nSPS) is 31.1. The standard InChI is InChI=1S/C17H21NO3/c19-16(20)9-18-7-14-12-3-1-2-4-13(12)17(15(14)8-18)21-10-11-5-6-11/h1-4,11,14-15,17H,5-10H2,(H,19,20)/t14-,15+,17?/m0/s1. The summed E-state index contributed by atoms with van der Waals surface area (Å²) in [6, 6.07) is 8.55. The summed E-state index contributed by atoms with van der Waals surface area (Å²) in [7, 11) is 0. The molecule has 1 unspecified atom stereocenters. The Morgan fingerprint density at radius 2 is 2.00 bits per heavy atom. The lowest BCUT2D eigenvalue weighted by Crippen LogP contribution is -2.29. The number of ether oxygens (including phenoxy) is 1. The molecule has 4 nitrogen and oxygen atoms in total. The first-order valence-corrected chi connectivity index (χ1v) is 7.87.